The molecule has 1 aromatic rings. The van der Waals surface area contributed by atoms with Crippen molar-refractivity contribution in [3.8, 4) is 0 Å². The van der Waals surface area contributed by atoms with E-state index in [1.165, 1.54) is 12.8 Å². The maximum absolute atomic E-state index is 4.22. The molecule has 2 heterocycles. The lowest BCUT2D eigenvalue weighted by Gasteiger charge is -2.17. The predicted octanol–water partition coefficient (Wildman–Crippen LogP) is 1.46. The van der Waals surface area contributed by atoms with Crippen molar-refractivity contribution in [2.45, 2.75) is 45.2 Å². The molecule has 0 aliphatic carbocycles. The van der Waals surface area contributed by atoms with E-state index in [0.29, 0.717) is 6.04 Å². The molecule has 2 rings (SSSR count). The van der Waals surface area contributed by atoms with Crippen LogP contribution in [0.4, 0.5) is 0 Å². The van der Waals surface area contributed by atoms with Crippen LogP contribution in [0.2, 0.25) is 0 Å². The molecule has 0 bridgehead atoms. The van der Waals surface area contributed by atoms with Gasteiger partial charge in [0.25, 0.3) is 0 Å². The Balaban J connectivity index is 2.17. The Morgan fingerprint density at radius 1 is 1.50 bits per heavy atom. The molecule has 1 fully saturated rings. The van der Waals surface area contributed by atoms with Gasteiger partial charge in [-0.15, -0.1) is 5.10 Å². The molecule has 1 atom stereocenters. The first-order valence-electron chi connectivity index (χ1n) is 5.23. The lowest BCUT2D eigenvalue weighted by molar-refractivity contribution is 0.346. The van der Waals surface area contributed by atoms with Gasteiger partial charge in [0.05, 0.1) is 23.5 Å². The van der Waals surface area contributed by atoms with E-state index >= 15 is 0 Å². The third-order valence-corrected chi connectivity index (χ3v) is 2.62. The lowest BCUT2D eigenvalue weighted by atomic mass is 10.1. The molecule has 4 nitrogen and oxygen atoms in total. The van der Waals surface area contributed by atoms with Gasteiger partial charge in [-0.25, -0.2) is 4.68 Å². The summed E-state index contributed by atoms with van der Waals surface area (Å²) in [7, 11) is 0. The van der Waals surface area contributed by atoms with Crippen LogP contribution in [0.15, 0.2) is 6.20 Å². The summed E-state index contributed by atoms with van der Waals surface area (Å²) in [6.07, 6.45) is 4.48. The van der Waals surface area contributed by atoms with Gasteiger partial charge in [-0.3, -0.25) is 0 Å². The van der Waals surface area contributed by atoms with Crippen LogP contribution < -0.4 is 5.32 Å². The summed E-state index contributed by atoms with van der Waals surface area (Å²) in [5.41, 5.74) is 1.11. The monoisotopic (exact) mass is 194 g/mol. The molecule has 1 saturated heterocycles. The molecule has 78 valence electrons. The summed E-state index contributed by atoms with van der Waals surface area (Å²) >= 11 is 0. The summed E-state index contributed by atoms with van der Waals surface area (Å²) in [6.45, 7) is 7.50. The van der Waals surface area contributed by atoms with Gasteiger partial charge in [0.1, 0.15) is 0 Å². The van der Waals surface area contributed by atoms with Crippen LogP contribution in [-0.2, 0) is 5.54 Å². The van der Waals surface area contributed by atoms with Gasteiger partial charge in [-0.2, -0.15) is 0 Å². The first-order chi connectivity index (χ1) is 6.57. The SMILES string of the molecule is CC(C)(C)n1cc([C@H]2CCCN2)nn1. The van der Waals surface area contributed by atoms with Crippen molar-refractivity contribution in [1.82, 2.24) is 20.3 Å². The van der Waals surface area contributed by atoms with Gasteiger partial charge in [0.15, 0.2) is 0 Å². The van der Waals surface area contributed by atoms with Crippen LogP contribution in [0.25, 0.3) is 0 Å². The topological polar surface area (TPSA) is 42.7 Å². The van der Waals surface area contributed by atoms with Gasteiger partial charge < -0.3 is 5.32 Å². The number of nitrogens with one attached hydrogen (secondary N) is 1. The largest absolute Gasteiger partial charge is 0.309 e. The minimum atomic E-state index is 0.0316. The Morgan fingerprint density at radius 2 is 2.29 bits per heavy atom. The highest BCUT2D eigenvalue weighted by Crippen LogP contribution is 2.22. The zero-order valence-corrected chi connectivity index (χ0v) is 9.12. The van der Waals surface area contributed by atoms with Gasteiger partial charge in [-0.05, 0) is 40.2 Å². The fourth-order valence-electron chi connectivity index (χ4n) is 1.70. The lowest BCUT2D eigenvalue weighted by Crippen LogP contribution is -2.22. The van der Waals surface area contributed by atoms with E-state index in [0.717, 1.165) is 12.2 Å². The van der Waals surface area contributed by atoms with Crippen molar-refractivity contribution >= 4 is 0 Å². The first-order valence-corrected chi connectivity index (χ1v) is 5.23. The molecule has 1 aromatic heterocycles. The van der Waals surface area contributed by atoms with Crippen molar-refractivity contribution < 1.29 is 0 Å². The van der Waals surface area contributed by atoms with Crippen molar-refractivity contribution in [2.24, 2.45) is 0 Å². The fourth-order valence-corrected chi connectivity index (χ4v) is 1.70. The highest BCUT2D eigenvalue weighted by Gasteiger charge is 2.22. The highest BCUT2D eigenvalue weighted by molar-refractivity contribution is 5.03. The standard InChI is InChI=1S/C10H18N4/c1-10(2,3)14-7-9(12-13-14)8-5-4-6-11-8/h7-8,11H,4-6H2,1-3H3/t8-/m1/s1. The van der Waals surface area contributed by atoms with E-state index in [-0.39, 0.29) is 5.54 Å². The maximum Gasteiger partial charge on any atom is 0.0996 e. The van der Waals surface area contributed by atoms with Crippen LogP contribution in [0.3, 0.4) is 0 Å². The first kappa shape index (κ1) is 9.65. The number of nitrogens with zero attached hydrogens (tertiary/aromatic N) is 3. The molecule has 14 heavy (non-hydrogen) atoms. The van der Waals surface area contributed by atoms with Gasteiger partial charge in [0, 0.05) is 0 Å². The second kappa shape index (κ2) is 3.35. The summed E-state index contributed by atoms with van der Waals surface area (Å²) in [5, 5.41) is 11.8. The Morgan fingerprint density at radius 3 is 2.79 bits per heavy atom. The summed E-state index contributed by atoms with van der Waals surface area (Å²) in [5.74, 6) is 0. The van der Waals surface area contributed by atoms with Gasteiger partial charge in [0.2, 0.25) is 0 Å². The van der Waals surface area contributed by atoms with E-state index in [1.807, 2.05) is 4.68 Å². The molecule has 1 N–H and O–H groups in total. The maximum atomic E-state index is 4.22. The minimum Gasteiger partial charge on any atom is -0.309 e. The van der Waals surface area contributed by atoms with Crippen LogP contribution in [0.1, 0.15) is 45.3 Å². The average Bonchev–Trinajstić information content (AvgIpc) is 2.73. The van der Waals surface area contributed by atoms with E-state index in [9.17, 15) is 0 Å². The molecule has 4 heteroatoms. The smallest absolute Gasteiger partial charge is 0.0996 e. The number of aromatic nitrogens is 3. The van der Waals surface area contributed by atoms with Crippen LogP contribution in [-0.4, -0.2) is 21.5 Å². The number of rotatable bonds is 1. The van der Waals surface area contributed by atoms with E-state index in [1.54, 1.807) is 0 Å². The van der Waals surface area contributed by atoms with Crippen molar-refractivity contribution in [2.75, 3.05) is 6.54 Å². The van der Waals surface area contributed by atoms with E-state index < -0.39 is 0 Å². The number of hydrogen-bond donors (Lipinski definition) is 1. The van der Waals surface area contributed by atoms with Crippen LogP contribution in [0.5, 0.6) is 0 Å². The molecular weight excluding hydrogens is 176 g/mol. The molecule has 1 aliphatic heterocycles. The van der Waals surface area contributed by atoms with Crippen molar-refractivity contribution in [3.05, 3.63) is 11.9 Å². The predicted molar refractivity (Wildman–Crippen MR) is 55.0 cm³/mol. The zero-order valence-electron chi connectivity index (χ0n) is 9.12. The Labute approximate surface area is 84.7 Å². The summed E-state index contributed by atoms with van der Waals surface area (Å²) < 4.78 is 1.93. The Hall–Kier alpha value is -0.900. The fraction of sp³-hybridized carbons (Fsp3) is 0.800. The third-order valence-electron chi connectivity index (χ3n) is 2.62. The molecule has 1 aliphatic rings. The van der Waals surface area contributed by atoms with Gasteiger partial charge in [-0.1, -0.05) is 5.21 Å². The molecular formula is C10H18N4. The second-order valence-electron chi connectivity index (χ2n) is 4.91. The third kappa shape index (κ3) is 1.80. The summed E-state index contributed by atoms with van der Waals surface area (Å²) in [6, 6.07) is 0.422. The summed E-state index contributed by atoms with van der Waals surface area (Å²) in [4.78, 5) is 0. The normalized spacial score (nSPS) is 22.9. The van der Waals surface area contributed by atoms with Crippen LogP contribution >= 0.6 is 0 Å². The average molecular weight is 194 g/mol. The van der Waals surface area contributed by atoms with Crippen molar-refractivity contribution in [3.63, 3.8) is 0 Å². The molecule has 0 saturated carbocycles. The van der Waals surface area contributed by atoms with Crippen molar-refractivity contribution in [1.29, 1.82) is 0 Å². The molecule has 0 amide bonds. The number of hydrogen-bond acceptors (Lipinski definition) is 3. The minimum absolute atomic E-state index is 0.0316. The Kier molecular flexibility index (Phi) is 2.31. The van der Waals surface area contributed by atoms with Gasteiger partial charge >= 0.3 is 0 Å². The van der Waals surface area contributed by atoms with E-state index in [2.05, 4.69) is 42.6 Å². The molecule has 0 radical (unpaired) electrons. The molecule has 0 spiro atoms. The molecule has 0 aromatic carbocycles. The molecule has 0 unspecified atom stereocenters. The second-order valence-corrected chi connectivity index (χ2v) is 4.91. The van der Waals surface area contributed by atoms with E-state index in [4.69, 9.17) is 0 Å². The zero-order chi connectivity index (χ0) is 10.2. The highest BCUT2D eigenvalue weighted by atomic mass is 15.4. The quantitative estimate of drug-likeness (QED) is 0.736. The van der Waals surface area contributed by atoms with Crippen LogP contribution in [0, 0.1) is 0 Å². The Bertz CT molecular complexity index is 304.